The van der Waals surface area contributed by atoms with Gasteiger partial charge < -0.3 is 75.7 Å². The number of likely N-dealkylation sites (N-methyl/N-ethyl adjacent to an activating group) is 3. The van der Waals surface area contributed by atoms with Crippen LogP contribution in [-0.2, 0) is 32.9 Å². The zero-order valence-electron chi connectivity index (χ0n) is 73.6. The third-order valence-corrected chi connectivity index (χ3v) is 25.1. The van der Waals surface area contributed by atoms with Crippen molar-refractivity contribution < 1.29 is 99.6 Å². The average Bonchev–Trinajstić information content (AvgIpc) is 1.67. The monoisotopic (exact) mass is 1930 g/mol. The number of aliphatic carboxylic acids is 1. The maximum atomic E-state index is 16.5. The van der Waals surface area contributed by atoms with Gasteiger partial charge in [0.2, 0.25) is 5.83 Å². The van der Waals surface area contributed by atoms with E-state index in [1.165, 1.54) is 48.8 Å². The Kier molecular flexibility index (Phi) is 30.9. The number of carbonyl (C=O) groups excluding carboxylic acids is 2. The van der Waals surface area contributed by atoms with Crippen molar-refractivity contribution in [2.24, 2.45) is 0 Å². The maximum Gasteiger partial charge on any atom is 0.418 e. The fraction of sp³-hybridized carbons (Fsp3) is 0.455. The normalized spacial score (nSPS) is 19.3. The predicted molar refractivity (Wildman–Crippen MR) is 475 cm³/mol. The van der Waals surface area contributed by atoms with Crippen LogP contribution in [0.15, 0.2) is 73.6 Å². The second kappa shape index (κ2) is 40.8. The second-order valence-electron chi connectivity index (χ2n) is 33.5. The number of nitrogens with two attached hydrogens (primary N) is 3. The molecule has 6 saturated heterocycles. The molecule has 133 heavy (non-hydrogen) atoms. The molecule has 15 rings (SSSR count). The first-order chi connectivity index (χ1) is 62.4. The third kappa shape index (κ3) is 22.2. The van der Waals surface area contributed by atoms with Crippen molar-refractivity contribution in [2.75, 3.05) is 138 Å². The number of piperidine rings is 1. The Balaban J connectivity index is 0.000000175. The highest BCUT2D eigenvalue weighted by atomic mass is 35.5. The van der Waals surface area contributed by atoms with Crippen molar-refractivity contribution in [3.05, 3.63) is 140 Å². The summed E-state index contributed by atoms with van der Waals surface area (Å²) in [5.41, 5.74) is 8.46. The standard InChI is InChI=1S/2C29H31ClF5N7O2.C27H31ClF4N6O.C3H3FO2/c2*1-14-10-20(36)37-25(22(14)29(33,34)35)21-19(30)11-18-24(23(21)32)38-28(44-13-17-6-5-7-40(17)4)39-26(18)42-9-8-41(12-15(42)2)27(43)16(3)31;1-14-11-19(33)34-24(21(14)27(30,31)32)20-18(28)12-17-23(22(20)29)35-26(39-13-16-8-6-9-37(16)3)36-25(17)38-10-5-4-7-15(38)2;1-2(4)3(5)6/h2*10-11,15,17H,3,5-9,12-13H2,1-2,4H3,(H2,36,37);11-12,15-16H,4-10,13H2,1-3H3,(H2,33,34);1H2,(H,5,6)/t2*15-,17-;15-,16-;/m000./s1. The highest BCUT2D eigenvalue weighted by Crippen LogP contribution is 2.50. The van der Waals surface area contributed by atoms with Crippen LogP contribution in [0.1, 0.15) is 112 Å². The van der Waals surface area contributed by atoms with Crippen molar-refractivity contribution in [3.8, 4) is 51.8 Å². The van der Waals surface area contributed by atoms with Gasteiger partial charge in [0.05, 0.1) is 65.5 Å². The van der Waals surface area contributed by atoms with E-state index in [4.69, 9.17) is 71.3 Å². The van der Waals surface area contributed by atoms with E-state index in [2.05, 4.69) is 91.1 Å². The number of aromatic nitrogens is 9. The van der Waals surface area contributed by atoms with Crippen LogP contribution in [-0.4, -0.2) is 235 Å². The van der Waals surface area contributed by atoms with Gasteiger partial charge in [-0.1, -0.05) is 54.5 Å². The molecule has 0 bridgehead atoms. The number of aryl methyl sites for hydroxylation is 3. The first-order valence-corrected chi connectivity index (χ1v) is 43.3. The van der Waals surface area contributed by atoms with Crippen molar-refractivity contribution in [1.82, 2.24) is 69.4 Å². The van der Waals surface area contributed by atoms with Crippen molar-refractivity contribution in [2.45, 2.75) is 154 Å². The quantitative estimate of drug-likeness (QED) is 0.0458. The number of pyridine rings is 3. The van der Waals surface area contributed by atoms with Crippen LogP contribution in [0.3, 0.4) is 0 Å². The summed E-state index contributed by atoms with van der Waals surface area (Å²) < 4.78 is 233. The number of hydrogen-bond donors (Lipinski definition) is 4. The molecule has 6 atom stereocenters. The number of alkyl halides is 9. The van der Waals surface area contributed by atoms with Gasteiger partial charge in [0.25, 0.3) is 11.8 Å². The summed E-state index contributed by atoms with van der Waals surface area (Å²) in [6.45, 7) is 22.8. The first-order valence-electron chi connectivity index (χ1n) is 42.2. The number of nitrogens with zero attached hydrogens (tertiary/aromatic N) is 17. The lowest BCUT2D eigenvalue weighted by atomic mass is 9.98. The number of nitrogen functional groups attached to an aromatic ring is 3. The second-order valence-corrected chi connectivity index (χ2v) is 34.7. The molecular formula is C88H96Cl3F15N20O7. The first kappa shape index (κ1) is 101. The number of fused-ring (bicyclic) bond motifs is 3. The van der Waals surface area contributed by atoms with Crippen LogP contribution < -0.4 is 46.1 Å². The van der Waals surface area contributed by atoms with Gasteiger partial charge >= 0.3 is 42.5 Å². The molecule has 716 valence electrons. The minimum Gasteiger partial charge on any atom is -0.476 e. The molecule has 0 spiro atoms. The van der Waals surface area contributed by atoms with Crippen LogP contribution in [0.25, 0.3) is 66.5 Å². The minimum atomic E-state index is -4.89. The number of benzene rings is 3. The summed E-state index contributed by atoms with van der Waals surface area (Å²) in [7, 11) is 5.92. The Morgan fingerprint density at radius 1 is 0.421 bits per heavy atom. The average molecular weight is 1940 g/mol. The minimum absolute atomic E-state index is 0.0319. The number of likely N-dealkylation sites (tertiary alicyclic amines) is 3. The zero-order valence-corrected chi connectivity index (χ0v) is 75.9. The van der Waals surface area contributed by atoms with Crippen molar-refractivity contribution in [1.29, 1.82) is 0 Å². The van der Waals surface area contributed by atoms with E-state index in [0.717, 1.165) is 95.6 Å². The van der Waals surface area contributed by atoms with E-state index in [9.17, 15) is 67.1 Å². The van der Waals surface area contributed by atoms with E-state index in [0.29, 0.717) is 24.4 Å². The fourth-order valence-electron chi connectivity index (χ4n) is 17.4. The molecule has 7 N–H and O–H groups in total. The van der Waals surface area contributed by atoms with E-state index < -0.39 is 134 Å². The molecule has 6 aliphatic rings. The van der Waals surface area contributed by atoms with E-state index in [1.807, 2.05) is 21.1 Å². The lowest BCUT2D eigenvalue weighted by molar-refractivity contribution is -0.138. The molecule has 45 heteroatoms. The highest BCUT2D eigenvalue weighted by Gasteiger charge is 2.44. The van der Waals surface area contributed by atoms with Gasteiger partial charge in [-0.3, -0.25) is 9.59 Å². The topological polar surface area (TPSA) is 319 Å². The molecule has 6 aliphatic heterocycles. The van der Waals surface area contributed by atoms with Gasteiger partial charge in [-0.2, -0.15) is 73.8 Å². The van der Waals surface area contributed by atoms with Gasteiger partial charge in [-0.15, -0.1) is 0 Å². The number of anilines is 6. The molecule has 9 aromatic rings. The van der Waals surface area contributed by atoms with E-state index >= 15 is 13.2 Å². The summed E-state index contributed by atoms with van der Waals surface area (Å²) in [5.74, 6) is -9.94. The number of hydrogen-bond acceptors (Lipinski definition) is 24. The summed E-state index contributed by atoms with van der Waals surface area (Å²) in [6.07, 6.45) is -5.99. The fourth-order valence-corrected chi connectivity index (χ4v) is 18.3. The van der Waals surface area contributed by atoms with Crippen LogP contribution in [0.2, 0.25) is 15.1 Å². The largest absolute Gasteiger partial charge is 0.476 e. The Labute approximate surface area is 769 Å². The molecule has 3 aromatic carbocycles. The third-order valence-electron chi connectivity index (χ3n) is 24.2. The summed E-state index contributed by atoms with van der Waals surface area (Å²) in [4.78, 5) is 86.6. The van der Waals surface area contributed by atoms with Crippen LogP contribution >= 0.6 is 34.8 Å². The van der Waals surface area contributed by atoms with Crippen LogP contribution in [0.4, 0.5) is 101 Å². The summed E-state index contributed by atoms with van der Waals surface area (Å²) in [6, 6.07) is 6.34. The van der Waals surface area contributed by atoms with Crippen LogP contribution in [0, 0.1) is 38.2 Å². The maximum absolute atomic E-state index is 16.5. The number of amides is 2. The number of halogens is 18. The van der Waals surface area contributed by atoms with Gasteiger partial charge in [-0.05, 0) is 193 Å². The molecular weight excluding hydrogens is 1840 g/mol. The smallest absolute Gasteiger partial charge is 0.418 e. The number of ether oxygens (including phenoxy) is 3. The molecule has 0 aliphatic carbocycles. The van der Waals surface area contributed by atoms with Gasteiger partial charge in [0, 0.05) is 98.2 Å². The van der Waals surface area contributed by atoms with Crippen molar-refractivity contribution >= 4 is 120 Å². The SMILES string of the molecule is C=C(F)C(=O)N1CCN(c2nc(OC[C@@H]3CCCN3C)nc3c(F)c(-c4nc(N)cc(C)c4C(F)(F)F)c(Cl)cc23)[C@@H](C)C1.C=C(F)C(=O)N1CCN(c2nc(OC[C@@H]3CCCN3C)nc3c(F)c(-c4nc(N)cc(C)c4C(F)(F)F)c(Cl)cc23)[C@@H](C)C1.C=C(F)C(=O)O.Cc1cc(N)nc(-c2c(Cl)cc3c(N4CCCC[C@@H]4C)nc(OC[C@@H]4CCCN4C)nc3c2F)c1C(F)(F)F. The zero-order chi connectivity index (χ0) is 97.4. The molecule has 6 fully saturated rings. The van der Waals surface area contributed by atoms with E-state index in [-0.39, 0.29) is 183 Å². The molecule has 27 nitrogen and oxygen atoms in total. The number of carbonyl (C=O) groups is 3. The van der Waals surface area contributed by atoms with Crippen molar-refractivity contribution in [3.63, 3.8) is 0 Å². The van der Waals surface area contributed by atoms with Crippen LogP contribution in [0.5, 0.6) is 18.0 Å². The van der Waals surface area contributed by atoms with Gasteiger partial charge in [-0.25, -0.2) is 41.7 Å². The Morgan fingerprint density at radius 3 is 0.947 bits per heavy atom. The number of piperazine rings is 2. The predicted octanol–water partition coefficient (Wildman–Crippen LogP) is 17.6. The molecule has 6 aromatic heterocycles. The lowest BCUT2D eigenvalue weighted by Crippen LogP contribution is -2.54. The molecule has 12 heterocycles. The number of rotatable bonds is 18. The molecule has 0 radical (unpaired) electrons. The number of carboxylic acid groups (broad SMARTS) is 1. The molecule has 0 saturated carbocycles. The van der Waals surface area contributed by atoms with E-state index in [1.54, 1.807) is 23.6 Å². The number of carboxylic acids is 1. The van der Waals surface area contributed by atoms with Gasteiger partial charge in [0.1, 0.15) is 71.3 Å². The highest BCUT2D eigenvalue weighted by molar-refractivity contribution is 6.35. The Hall–Kier alpha value is -11.3. The lowest BCUT2D eigenvalue weighted by Gasteiger charge is -2.40. The molecule has 2 amide bonds. The Bertz CT molecular complexity index is 5760. The summed E-state index contributed by atoms with van der Waals surface area (Å²) in [5, 5.41) is 7.07. The Morgan fingerprint density at radius 2 is 0.707 bits per heavy atom. The van der Waals surface area contributed by atoms with Gasteiger partial charge in [0.15, 0.2) is 29.1 Å². The summed E-state index contributed by atoms with van der Waals surface area (Å²) >= 11 is 19.6. The molecule has 0 unspecified atom stereocenters.